The quantitative estimate of drug-likeness (QED) is 0.553. The third-order valence-corrected chi connectivity index (χ3v) is 6.27. The Morgan fingerprint density at radius 1 is 1.00 bits per heavy atom. The van der Waals surface area contributed by atoms with Crippen LogP contribution in [0.3, 0.4) is 0 Å². The van der Waals surface area contributed by atoms with Crippen LogP contribution in [0.25, 0.3) is 11.1 Å². The summed E-state index contributed by atoms with van der Waals surface area (Å²) in [6.07, 6.45) is 0. The van der Waals surface area contributed by atoms with Gasteiger partial charge >= 0.3 is 11.9 Å². The molecule has 0 aliphatic carbocycles. The number of allylic oxidation sites excluding steroid dienone is 1. The summed E-state index contributed by atoms with van der Waals surface area (Å²) in [5.74, 6) is -2.40. The second-order valence-electron chi connectivity index (χ2n) is 7.36. The lowest BCUT2D eigenvalue weighted by Crippen LogP contribution is -2.41. The summed E-state index contributed by atoms with van der Waals surface area (Å²) in [6, 6.07) is 20.3. The van der Waals surface area contributed by atoms with E-state index in [0.717, 1.165) is 11.1 Å². The number of nitrogens with zero attached hydrogens (tertiary/aromatic N) is 2. The van der Waals surface area contributed by atoms with Crippen LogP contribution in [0, 0.1) is 11.3 Å². The van der Waals surface area contributed by atoms with Crippen molar-refractivity contribution in [2.45, 2.75) is 5.92 Å². The topological polar surface area (TPSA) is 106 Å². The van der Waals surface area contributed by atoms with Crippen LogP contribution >= 0.6 is 11.3 Å². The van der Waals surface area contributed by atoms with E-state index in [1.54, 1.807) is 36.4 Å². The summed E-state index contributed by atoms with van der Waals surface area (Å²) in [5.41, 5.74) is 9.42. The Morgan fingerprint density at radius 3 is 2.29 bits per heavy atom. The van der Waals surface area contributed by atoms with E-state index < -0.39 is 17.9 Å². The van der Waals surface area contributed by atoms with Gasteiger partial charge in [-0.25, -0.2) is 9.59 Å². The number of benzene rings is 2. The van der Waals surface area contributed by atoms with E-state index in [2.05, 4.69) is 6.07 Å². The van der Waals surface area contributed by atoms with Gasteiger partial charge < -0.3 is 15.2 Å². The molecule has 0 spiro atoms. The fraction of sp³-hybridized carbons (Fsp3) is 0.115. The van der Waals surface area contributed by atoms with Crippen molar-refractivity contribution in [1.29, 1.82) is 5.26 Å². The monoisotopic (exact) mass is 471 g/mol. The van der Waals surface area contributed by atoms with Crippen molar-refractivity contribution in [3.05, 3.63) is 99.7 Å². The predicted octanol–water partition coefficient (Wildman–Crippen LogP) is 4.31. The Labute approximate surface area is 200 Å². The number of hydrogen-bond acceptors (Lipinski definition) is 8. The highest BCUT2D eigenvalue weighted by Gasteiger charge is 2.43. The van der Waals surface area contributed by atoms with Gasteiger partial charge in [0.05, 0.1) is 43.0 Å². The van der Waals surface area contributed by atoms with E-state index in [-0.39, 0.29) is 22.7 Å². The molecule has 34 heavy (non-hydrogen) atoms. The molecule has 8 heteroatoms. The van der Waals surface area contributed by atoms with Crippen LogP contribution in [0.1, 0.15) is 11.5 Å². The van der Waals surface area contributed by atoms with Gasteiger partial charge in [0.15, 0.2) is 0 Å². The minimum atomic E-state index is -0.905. The van der Waals surface area contributed by atoms with Crippen molar-refractivity contribution in [3.8, 4) is 17.2 Å². The highest BCUT2D eigenvalue weighted by atomic mass is 32.1. The standard InChI is InChI=1S/C26H21N3O4S/c1-32-25(30)22-21(16-8-4-3-5-9-16)19(14-27)24(28)29(23(22)26(31)33-2)20-11-7-6-10-18(20)17-12-13-34-15-17/h3-13,15,21H,28H2,1-2H3. The van der Waals surface area contributed by atoms with Gasteiger partial charge in [-0.1, -0.05) is 48.5 Å². The van der Waals surface area contributed by atoms with Gasteiger partial charge in [0.1, 0.15) is 11.5 Å². The maximum absolute atomic E-state index is 13.2. The first kappa shape index (κ1) is 22.8. The van der Waals surface area contributed by atoms with Crippen LogP contribution in [0.4, 0.5) is 5.69 Å². The number of nitrogens with two attached hydrogens (primary N) is 1. The maximum Gasteiger partial charge on any atom is 0.355 e. The lowest BCUT2D eigenvalue weighted by Gasteiger charge is -2.36. The number of thiophene rings is 1. The zero-order valence-electron chi connectivity index (χ0n) is 18.5. The van der Waals surface area contributed by atoms with Gasteiger partial charge in [-0.15, -0.1) is 0 Å². The molecule has 0 radical (unpaired) electrons. The number of nitriles is 1. The molecule has 2 aromatic carbocycles. The third kappa shape index (κ3) is 3.83. The Morgan fingerprint density at radius 2 is 1.68 bits per heavy atom. The Hall–Kier alpha value is -4.35. The van der Waals surface area contributed by atoms with Crippen molar-refractivity contribution in [2.75, 3.05) is 19.1 Å². The maximum atomic E-state index is 13.2. The zero-order valence-corrected chi connectivity index (χ0v) is 19.3. The number of anilines is 1. The number of carbonyl (C=O) groups excluding carboxylic acids is 2. The molecule has 1 unspecified atom stereocenters. The summed E-state index contributed by atoms with van der Waals surface area (Å²) in [7, 11) is 2.45. The Bertz CT molecular complexity index is 1340. The number of carbonyl (C=O) groups is 2. The molecule has 0 amide bonds. The van der Waals surface area contributed by atoms with Crippen molar-refractivity contribution in [2.24, 2.45) is 5.73 Å². The number of hydrogen-bond donors (Lipinski definition) is 1. The summed E-state index contributed by atoms with van der Waals surface area (Å²) in [4.78, 5) is 27.8. The molecule has 0 saturated heterocycles. The highest BCUT2D eigenvalue weighted by Crippen LogP contribution is 2.45. The molecule has 0 bridgehead atoms. The first-order valence-corrected chi connectivity index (χ1v) is 11.2. The molecule has 4 rings (SSSR count). The number of rotatable bonds is 5. The van der Waals surface area contributed by atoms with Crippen LogP contribution in [0.5, 0.6) is 0 Å². The molecule has 2 heterocycles. The SMILES string of the molecule is COC(=O)C1=C(C(=O)OC)N(c2ccccc2-c2ccsc2)C(N)=C(C#N)C1c1ccccc1. The van der Waals surface area contributed by atoms with E-state index in [9.17, 15) is 14.9 Å². The smallest absolute Gasteiger partial charge is 0.355 e. The van der Waals surface area contributed by atoms with E-state index >= 15 is 0 Å². The molecule has 1 aliphatic heterocycles. The molecular formula is C26H21N3O4S. The first-order chi connectivity index (χ1) is 16.5. The average molecular weight is 472 g/mol. The third-order valence-electron chi connectivity index (χ3n) is 5.59. The second kappa shape index (κ2) is 9.65. The second-order valence-corrected chi connectivity index (χ2v) is 8.14. The Balaban J connectivity index is 2.09. The van der Waals surface area contributed by atoms with E-state index in [1.807, 2.05) is 35.0 Å². The molecule has 1 atom stereocenters. The predicted molar refractivity (Wildman–Crippen MR) is 129 cm³/mol. The van der Waals surface area contributed by atoms with Crippen LogP contribution in [0.2, 0.25) is 0 Å². The molecule has 7 nitrogen and oxygen atoms in total. The van der Waals surface area contributed by atoms with Crippen LogP contribution in [-0.2, 0) is 19.1 Å². The van der Waals surface area contributed by atoms with Gasteiger partial charge in [0.25, 0.3) is 0 Å². The van der Waals surface area contributed by atoms with Crippen molar-refractivity contribution in [3.63, 3.8) is 0 Å². The summed E-state index contributed by atoms with van der Waals surface area (Å²) in [5, 5.41) is 14.1. The van der Waals surface area contributed by atoms with Gasteiger partial charge in [-0.2, -0.15) is 16.6 Å². The number of ether oxygens (including phenoxy) is 2. The van der Waals surface area contributed by atoms with Crippen LogP contribution in [0.15, 0.2) is 94.1 Å². The molecule has 0 saturated carbocycles. The average Bonchev–Trinajstić information content (AvgIpc) is 3.42. The lowest BCUT2D eigenvalue weighted by molar-refractivity contribution is -0.139. The molecule has 1 aliphatic rings. The minimum Gasteiger partial charge on any atom is -0.466 e. The minimum absolute atomic E-state index is 0.0218. The van der Waals surface area contributed by atoms with Crippen molar-refractivity contribution in [1.82, 2.24) is 0 Å². The summed E-state index contributed by atoms with van der Waals surface area (Å²) in [6.45, 7) is 0. The van der Waals surface area contributed by atoms with Gasteiger partial charge in [0.2, 0.25) is 0 Å². The van der Waals surface area contributed by atoms with Gasteiger partial charge in [-0.3, -0.25) is 4.90 Å². The molecule has 3 aromatic rings. The number of methoxy groups -OCH3 is 2. The first-order valence-electron chi connectivity index (χ1n) is 10.3. The van der Waals surface area contributed by atoms with E-state index in [1.165, 1.54) is 30.5 Å². The van der Waals surface area contributed by atoms with Gasteiger partial charge in [0, 0.05) is 5.56 Å². The molecule has 0 fully saturated rings. The molecule has 170 valence electrons. The largest absolute Gasteiger partial charge is 0.466 e. The summed E-state index contributed by atoms with van der Waals surface area (Å²) < 4.78 is 10.2. The fourth-order valence-electron chi connectivity index (χ4n) is 4.09. The Kier molecular flexibility index (Phi) is 6.48. The van der Waals surface area contributed by atoms with Crippen LogP contribution in [-0.4, -0.2) is 26.2 Å². The lowest BCUT2D eigenvalue weighted by atomic mass is 9.80. The number of para-hydroxylation sites is 1. The van der Waals surface area contributed by atoms with Gasteiger partial charge in [-0.05, 0) is 34.0 Å². The molecule has 1 aromatic heterocycles. The fourth-order valence-corrected chi connectivity index (χ4v) is 4.75. The highest BCUT2D eigenvalue weighted by molar-refractivity contribution is 7.08. The zero-order chi connectivity index (χ0) is 24.2. The summed E-state index contributed by atoms with van der Waals surface area (Å²) >= 11 is 1.52. The molecular weight excluding hydrogens is 450 g/mol. The number of esters is 2. The van der Waals surface area contributed by atoms with E-state index in [0.29, 0.717) is 11.3 Å². The van der Waals surface area contributed by atoms with E-state index in [4.69, 9.17) is 15.2 Å². The van der Waals surface area contributed by atoms with Crippen molar-refractivity contribution >= 4 is 29.0 Å². The normalized spacial score (nSPS) is 15.7. The molecule has 2 N–H and O–H groups in total. The van der Waals surface area contributed by atoms with Crippen molar-refractivity contribution < 1.29 is 19.1 Å². The van der Waals surface area contributed by atoms with Crippen LogP contribution < -0.4 is 10.6 Å².